The molecular formula is C10H21N3O2S. The summed E-state index contributed by atoms with van der Waals surface area (Å²) in [7, 11) is -1.60. The van der Waals surface area contributed by atoms with Gasteiger partial charge in [-0.25, -0.2) is 0 Å². The van der Waals surface area contributed by atoms with E-state index >= 15 is 0 Å². The molecule has 16 heavy (non-hydrogen) atoms. The van der Waals surface area contributed by atoms with Crippen LogP contribution < -0.4 is 5.73 Å². The van der Waals surface area contributed by atoms with Gasteiger partial charge in [0.25, 0.3) is 10.2 Å². The van der Waals surface area contributed by atoms with Crippen LogP contribution in [0.1, 0.15) is 25.7 Å². The lowest BCUT2D eigenvalue weighted by Crippen LogP contribution is -2.49. The van der Waals surface area contributed by atoms with Crippen LogP contribution in [0.2, 0.25) is 0 Å². The number of rotatable bonds is 5. The minimum absolute atomic E-state index is 0.00870. The Balaban J connectivity index is 2.08. The maximum atomic E-state index is 12.3. The average molecular weight is 247 g/mol. The molecule has 2 fully saturated rings. The topological polar surface area (TPSA) is 66.6 Å². The van der Waals surface area contributed by atoms with Crippen LogP contribution in [0.4, 0.5) is 0 Å². The molecule has 2 rings (SSSR count). The quantitative estimate of drug-likeness (QED) is 0.743. The Hall–Kier alpha value is -0.170. The normalized spacial score (nSPS) is 25.2. The third-order valence-corrected chi connectivity index (χ3v) is 5.65. The highest BCUT2D eigenvalue weighted by molar-refractivity contribution is 7.86. The molecule has 94 valence electrons. The van der Waals surface area contributed by atoms with Gasteiger partial charge in [0.15, 0.2) is 0 Å². The largest absolute Gasteiger partial charge is 0.329 e. The number of hydrogen-bond acceptors (Lipinski definition) is 3. The van der Waals surface area contributed by atoms with Gasteiger partial charge >= 0.3 is 0 Å². The fourth-order valence-electron chi connectivity index (χ4n) is 2.39. The highest BCUT2D eigenvalue weighted by Gasteiger charge is 2.40. The zero-order valence-corrected chi connectivity index (χ0v) is 10.6. The number of nitrogens with zero attached hydrogens (tertiary/aromatic N) is 2. The van der Waals surface area contributed by atoms with Crippen molar-refractivity contribution < 1.29 is 8.42 Å². The van der Waals surface area contributed by atoms with Crippen LogP contribution in [0.3, 0.4) is 0 Å². The van der Waals surface area contributed by atoms with Gasteiger partial charge in [0, 0.05) is 32.7 Å². The maximum Gasteiger partial charge on any atom is 0.282 e. The van der Waals surface area contributed by atoms with Crippen molar-refractivity contribution in [3.63, 3.8) is 0 Å². The second kappa shape index (κ2) is 4.60. The Bertz CT molecular complexity index is 334. The van der Waals surface area contributed by atoms with Gasteiger partial charge in [-0.15, -0.1) is 0 Å². The van der Waals surface area contributed by atoms with Gasteiger partial charge in [0.2, 0.25) is 0 Å². The third-order valence-electron chi connectivity index (χ3n) is 3.63. The van der Waals surface area contributed by atoms with E-state index in [-0.39, 0.29) is 6.04 Å². The van der Waals surface area contributed by atoms with E-state index in [9.17, 15) is 8.42 Å². The standard InChI is InChI=1S/C10H21N3O2S/c1-12(10(8-11)9-4-5-9)16(14,15)13-6-2-3-7-13/h9-10H,2-8,11H2,1H3. The first-order chi connectivity index (χ1) is 7.57. The van der Waals surface area contributed by atoms with E-state index < -0.39 is 10.2 Å². The maximum absolute atomic E-state index is 12.3. The van der Waals surface area contributed by atoms with Gasteiger partial charge < -0.3 is 5.73 Å². The van der Waals surface area contributed by atoms with Gasteiger partial charge in [-0.1, -0.05) is 0 Å². The predicted octanol–water partition coefficient (Wildman–Crippen LogP) is -0.00390. The van der Waals surface area contributed by atoms with Gasteiger partial charge in [-0.2, -0.15) is 17.0 Å². The molecule has 1 aliphatic carbocycles. The second-order valence-corrected chi connectivity index (χ2v) is 6.76. The first kappa shape index (κ1) is 12.3. The molecule has 0 amide bonds. The molecule has 1 unspecified atom stereocenters. The molecule has 2 N–H and O–H groups in total. The first-order valence-corrected chi connectivity index (χ1v) is 7.40. The zero-order chi connectivity index (χ0) is 11.8. The monoisotopic (exact) mass is 247 g/mol. The summed E-state index contributed by atoms with van der Waals surface area (Å²) >= 11 is 0. The summed E-state index contributed by atoms with van der Waals surface area (Å²) < 4.78 is 27.6. The zero-order valence-electron chi connectivity index (χ0n) is 9.80. The van der Waals surface area contributed by atoms with Gasteiger partial charge in [-0.05, 0) is 31.6 Å². The smallest absolute Gasteiger partial charge is 0.282 e. The van der Waals surface area contributed by atoms with Crippen molar-refractivity contribution >= 4 is 10.2 Å². The molecule has 6 heteroatoms. The first-order valence-electron chi connectivity index (χ1n) is 6.00. The Morgan fingerprint density at radius 1 is 1.38 bits per heavy atom. The van der Waals surface area contributed by atoms with Gasteiger partial charge in [0.1, 0.15) is 0 Å². The van der Waals surface area contributed by atoms with Crippen molar-refractivity contribution in [2.45, 2.75) is 31.7 Å². The van der Waals surface area contributed by atoms with E-state index in [0.29, 0.717) is 25.6 Å². The third kappa shape index (κ3) is 2.25. The van der Waals surface area contributed by atoms with E-state index in [1.54, 1.807) is 11.4 Å². The summed E-state index contributed by atoms with van der Waals surface area (Å²) in [6, 6.07) is -0.00870. The van der Waals surface area contributed by atoms with E-state index in [1.807, 2.05) is 0 Å². The lowest BCUT2D eigenvalue weighted by Gasteiger charge is -2.30. The van der Waals surface area contributed by atoms with Crippen LogP contribution >= 0.6 is 0 Å². The minimum atomic E-state index is -3.27. The predicted molar refractivity (Wildman–Crippen MR) is 63.1 cm³/mol. The molecule has 0 radical (unpaired) electrons. The summed E-state index contributed by atoms with van der Waals surface area (Å²) in [6.07, 6.45) is 4.18. The van der Waals surface area contributed by atoms with Crippen molar-refractivity contribution in [2.24, 2.45) is 11.7 Å². The highest BCUT2D eigenvalue weighted by Crippen LogP contribution is 2.36. The molecule has 1 saturated carbocycles. The van der Waals surface area contributed by atoms with E-state index in [0.717, 1.165) is 25.7 Å². The molecule has 2 aliphatic rings. The summed E-state index contributed by atoms with van der Waals surface area (Å²) in [5, 5.41) is 0. The fraction of sp³-hybridized carbons (Fsp3) is 1.00. The van der Waals surface area contributed by atoms with E-state index in [4.69, 9.17) is 5.73 Å². The lowest BCUT2D eigenvalue weighted by molar-refractivity contribution is 0.311. The lowest BCUT2D eigenvalue weighted by atomic mass is 10.2. The van der Waals surface area contributed by atoms with E-state index in [2.05, 4.69) is 0 Å². The van der Waals surface area contributed by atoms with Crippen LogP contribution in [-0.2, 0) is 10.2 Å². The number of likely N-dealkylation sites (N-methyl/N-ethyl adjacent to an activating group) is 1. The van der Waals surface area contributed by atoms with Crippen molar-refractivity contribution in [2.75, 3.05) is 26.7 Å². The summed E-state index contributed by atoms with van der Waals surface area (Å²) in [6.45, 7) is 1.75. The molecule has 0 aromatic carbocycles. The molecule has 0 aromatic rings. The Morgan fingerprint density at radius 3 is 2.38 bits per heavy atom. The molecule has 5 nitrogen and oxygen atoms in total. The fourth-order valence-corrected chi connectivity index (χ4v) is 4.08. The average Bonchev–Trinajstić information content (AvgIpc) is 2.93. The highest BCUT2D eigenvalue weighted by atomic mass is 32.2. The van der Waals surface area contributed by atoms with Crippen LogP contribution in [0, 0.1) is 5.92 Å². The summed E-state index contributed by atoms with van der Waals surface area (Å²) in [5.41, 5.74) is 5.69. The number of nitrogens with two attached hydrogens (primary N) is 1. The van der Waals surface area contributed by atoms with Crippen LogP contribution in [0.5, 0.6) is 0 Å². The Labute approximate surface area is 97.8 Å². The summed E-state index contributed by atoms with van der Waals surface area (Å²) in [4.78, 5) is 0. The van der Waals surface area contributed by atoms with Crippen LogP contribution in [0.15, 0.2) is 0 Å². The van der Waals surface area contributed by atoms with Gasteiger partial charge in [0.05, 0.1) is 0 Å². The summed E-state index contributed by atoms with van der Waals surface area (Å²) in [5.74, 6) is 0.479. The molecule has 0 aromatic heterocycles. The Morgan fingerprint density at radius 2 is 1.94 bits per heavy atom. The van der Waals surface area contributed by atoms with Crippen molar-refractivity contribution in [3.8, 4) is 0 Å². The molecule has 0 bridgehead atoms. The second-order valence-electron chi connectivity index (χ2n) is 4.77. The number of hydrogen-bond donors (Lipinski definition) is 1. The Kier molecular flexibility index (Phi) is 3.53. The van der Waals surface area contributed by atoms with Crippen molar-refractivity contribution in [1.29, 1.82) is 0 Å². The molecule has 1 aliphatic heterocycles. The van der Waals surface area contributed by atoms with Crippen molar-refractivity contribution in [1.82, 2.24) is 8.61 Å². The van der Waals surface area contributed by atoms with Crippen molar-refractivity contribution in [3.05, 3.63) is 0 Å². The molecule has 1 heterocycles. The molecular weight excluding hydrogens is 226 g/mol. The van der Waals surface area contributed by atoms with Crippen LogP contribution in [-0.4, -0.2) is 49.8 Å². The molecule has 0 spiro atoms. The van der Waals surface area contributed by atoms with Gasteiger partial charge in [-0.3, -0.25) is 0 Å². The molecule has 1 saturated heterocycles. The van der Waals surface area contributed by atoms with Crippen LogP contribution in [0.25, 0.3) is 0 Å². The molecule has 1 atom stereocenters. The SMILES string of the molecule is CN(C(CN)C1CC1)S(=O)(=O)N1CCCC1. The minimum Gasteiger partial charge on any atom is -0.329 e. The van der Waals surface area contributed by atoms with E-state index in [1.165, 1.54) is 4.31 Å².